The van der Waals surface area contributed by atoms with E-state index in [0.29, 0.717) is 6.04 Å². The maximum absolute atomic E-state index is 5.76. The number of fused-ring (bicyclic) bond motifs is 1. The predicted octanol–water partition coefficient (Wildman–Crippen LogP) is 3.28. The van der Waals surface area contributed by atoms with E-state index in [1.807, 2.05) is 11.3 Å². The standard InChI is InChI=1S/C15H23NOS/c1-15(2)9-12(6-7-17-15)16-10-13-8-11-4-3-5-14(11)18-13/h8,12,16H,3-7,9-10H2,1-2H3. The van der Waals surface area contributed by atoms with Crippen LogP contribution in [0.2, 0.25) is 0 Å². The molecule has 0 amide bonds. The van der Waals surface area contributed by atoms with E-state index in [-0.39, 0.29) is 5.60 Å². The van der Waals surface area contributed by atoms with E-state index in [9.17, 15) is 0 Å². The molecule has 3 rings (SSSR count). The fourth-order valence-electron chi connectivity index (χ4n) is 3.13. The molecule has 2 aliphatic rings. The number of aryl methyl sites for hydroxylation is 2. The van der Waals surface area contributed by atoms with Gasteiger partial charge in [0, 0.05) is 28.9 Å². The first-order valence-electron chi connectivity index (χ1n) is 7.10. The average Bonchev–Trinajstić information content (AvgIpc) is 2.85. The van der Waals surface area contributed by atoms with Crippen molar-refractivity contribution in [3.63, 3.8) is 0 Å². The lowest BCUT2D eigenvalue weighted by Crippen LogP contribution is -2.43. The summed E-state index contributed by atoms with van der Waals surface area (Å²) in [7, 11) is 0. The zero-order valence-electron chi connectivity index (χ0n) is 11.4. The van der Waals surface area contributed by atoms with Gasteiger partial charge in [0.2, 0.25) is 0 Å². The Morgan fingerprint density at radius 1 is 1.44 bits per heavy atom. The third-order valence-electron chi connectivity index (χ3n) is 4.06. The fourth-order valence-corrected chi connectivity index (χ4v) is 4.34. The van der Waals surface area contributed by atoms with Crippen LogP contribution in [0.15, 0.2) is 6.07 Å². The van der Waals surface area contributed by atoms with Crippen molar-refractivity contribution < 1.29 is 4.74 Å². The van der Waals surface area contributed by atoms with Crippen molar-refractivity contribution >= 4 is 11.3 Å². The summed E-state index contributed by atoms with van der Waals surface area (Å²) >= 11 is 2.02. The summed E-state index contributed by atoms with van der Waals surface area (Å²) in [6.45, 7) is 6.32. The van der Waals surface area contributed by atoms with E-state index in [4.69, 9.17) is 4.74 Å². The molecule has 100 valence electrons. The van der Waals surface area contributed by atoms with Crippen LogP contribution in [0.5, 0.6) is 0 Å². The van der Waals surface area contributed by atoms with Crippen LogP contribution >= 0.6 is 11.3 Å². The van der Waals surface area contributed by atoms with Crippen LogP contribution in [-0.2, 0) is 24.1 Å². The molecule has 0 bridgehead atoms. The lowest BCUT2D eigenvalue weighted by molar-refractivity contribution is -0.0630. The molecule has 2 heterocycles. The van der Waals surface area contributed by atoms with Crippen LogP contribution in [0.1, 0.15) is 48.4 Å². The highest BCUT2D eigenvalue weighted by atomic mass is 32.1. The van der Waals surface area contributed by atoms with E-state index >= 15 is 0 Å². The SMILES string of the molecule is CC1(C)CC(NCc2cc3c(s2)CCC3)CCO1. The topological polar surface area (TPSA) is 21.3 Å². The van der Waals surface area contributed by atoms with Gasteiger partial charge in [-0.3, -0.25) is 0 Å². The molecule has 1 saturated heterocycles. The zero-order chi connectivity index (χ0) is 12.6. The second kappa shape index (κ2) is 4.95. The van der Waals surface area contributed by atoms with Crippen molar-refractivity contribution in [2.24, 2.45) is 0 Å². The van der Waals surface area contributed by atoms with Crippen LogP contribution in [0, 0.1) is 0 Å². The summed E-state index contributed by atoms with van der Waals surface area (Å²) in [5.41, 5.74) is 1.66. The Labute approximate surface area is 114 Å². The van der Waals surface area contributed by atoms with Crippen molar-refractivity contribution in [3.8, 4) is 0 Å². The maximum Gasteiger partial charge on any atom is 0.0641 e. The second-order valence-electron chi connectivity index (χ2n) is 6.19. The Morgan fingerprint density at radius 2 is 2.33 bits per heavy atom. The molecule has 1 aliphatic carbocycles. The van der Waals surface area contributed by atoms with Crippen molar-refractivity contribution in [1.82, 2.24) is 5.32 Å². The lowest BCUT2D eigenvalue weighted by atomic mass is 9.94. The van der Waals surface area contributed by atoms with Crippen molar-refractivity contribution in [3.05, 3.63) is 21.4 Å². The molecule has 1 aliphatic heterocycles. The fraction of sp³-hybridized carbons (Fsp3) is 0.733. The largest absolute Gasteiger partial charge is 0.375 e. The van der Waals surface area contributed by atoms with Crippen LogP contribution in [0.25, 0.3) is 0 Å². The minimum atomic E-state index is 0.0487. The van der Waals surface area contributed by atoms with Crippen molar-refractivity contribution in [1.29, 1.82) is 0 Å². The van der Waals surface area contributed by atoms with Gasteiger partial charge in [-0.25, -0.2) is 0 Å². The second-order valence-corrected chi connectivity index (χ2v) is 7.41. The van der Waals surface area contributed by atoms with E-state index in [1.165, 1.54) is 24.1 Å². The molecule has 2 nitrogen and oxygen atoms in total. The molecule has 0 saturated carbocycles. The van der Waals surface area contributed by atoms with Crippen LogP contribution < -0.4 is 5.32 Å². The number of nitrogens with one attached hydrogen (secondary N) is 1. The van der Waals surface area contributed by atoms with Gasteiger partial charge in [-0.15, -0.1) is 11.3 Å². The van der Waals surface area contributed by atoms with Crippen LogP contribution in [-0.4, -0.2) is 18.2 Å². The predicted molar refractivity (Wildman–Crippen MR) is 76.2 cm³/mol. The first kappa shape index (κ1) is 12.6. The van der Waals surface area contributed by atoms with E-state index in [1.54, 1.807) is 10.4 Å². The Morgan fingerprint density at radius 3 is 3.11 bits per heavy atom. The molecule has 1 N–H and O–H groups in total. The van der Waals surface area contributed by atoms with Gasteiger partial charge in [-0.1, -0.05) is 0 Å². The van der Waals surface area contributed by atoms with Gasteiger partial charge in [0.05, 0.1) is 5.60 Å². The number of hydrogen-bond acceptors (Lipinski definition) is 3. The monoisotopic (exact) mass is 265 g/mol. The number of hydrogen-bond donors (Lipinski definition) is 1. The molecule has 0 radical (unpaired) electrons. The minimum absolute atomic E-state index is 0.0487. The summed E-state index contributed by atoms with van der Waals surface area (Å²) in [5.74, 6) is 0. The molecule has 18 heavy (non-hydrogen) atoms. The quantitative estimate of drug-likeness (QED) is 0.905. The van der Waals surface area contributed by atoms with Gasteiger partial charge in [0.1, 0.15) is 0 Å². The average molecular weight is 265 g/mol. The highest BCUT2D eigenvalue weighted by Gasteiger charge is 2.28. The third-order valence-corrected chi connectivity index (χ3v) is 5.30. The third kappa shape index (κ3) is 2.79. The van der Waals surface area contributed by atoms with Gasteiger partial charge in [-0.2, -0.15) is 0 Å². The molecule has 1 fully saturated rings. The van der Waals surface area contributed by atoms with Crippen LogP contribution in [0.3, 0.4) is 0 Å². The summed E-state index contributed by atoms with van der Waals surface area (Å²) in [6, 6.07) is 3.04. The minimum Gasteiger partial charge on any atom is -0.375 e. The van der Waals surface area contributed by atoms with Gasteiger partial charge in [0.25, 0.3) is 0 Å². The molecule has 0 spiro atoms. The molecular weight excluding hydrogens is 242 g/mol. The molecule has 0 aromatic carbocycles. The molecule has 1 aromatic heterocycles. The molecule has 3 heteroatoms. The summed E-state index contributed by atoms with van der Waals surface area (Å²) in [5, 5.41) is 3.71. The van der Waals surface area contributed by atoms with Gasteiger partial charge in [-0.05, 0) is 57.6 Å². The molecular formula is C15H23NOS. The van der Waals surface area contributed by atoms with E-state index in [2.05, 4.69) is 25.2 Å². The van der Waals surface area contributed by atoms with Gasteiger partial charge < -0.3 is 10.1 Å². The highest BCUT2D eigenvalue weighted by molar-refractivity contribution is 7.12. The maximum atomic E-state index is 5.76. The smallest absolute Gasteiger partial charge is 0.0641 e. The van der Waals surface area contributed by atoms with Crippen molar-refractivity contribution in [2.45, 2.75) is 64.1 Å². The lowest BCUT2D eigenvalue weighted by Gasteiger charge is -2.35. The Hall–Kier alpha value is -0.380. The number of rotatable bonds is 3. The highest BCUT2D eigenvalue weighted by Crippen LogP contribution is 2.31. The normalized spacial score (nSPS) is 26.2. The van der Waals surface area contributed by atoms with E-state index < -0.39 is 0 Å². The van der Waals surface area contributed by atoms with Crippen LogP contribution in [0.4, 0.5) is 0 Å². The molecule has 1 unspecified atom stereocenters. The summed E-state index contributed by atoms with van der Waals surface area (Å²) in [4.78, 5) is 3.16. The van der Waals surface area contributed by atoms with Crippen molar-refractivity contribution in [2.75, 3.05) is 6.61 Å². The van der Waals surface area contributed by atoms with Gasteiger partial charge >= 0.3 is 0 Å². The molecule has 1 atom stereocenters. The zero-order valence-corrected chi connectivity index (χ0v) is 12.2. The molecule has 1 aromatic rings. The number of thiophene rings is 1. The first-order valence-corrected chi connectivity index (χ1v) is 7.92. The Bertz CT molecular complexity index is 403. The summed E-state index contributed by atoms with van der Waals surface area (Å²) in [6.07, 6.45) is 6.25. The van der Waals surface area contributed by atoms with E-state index in [0.717, 1.165) is 26.0 Å². The summed E-state index contributed by atoms with van der Waals surface area (Å²) < 4.78 is 5.76. The first-order chi connectivity index (χ1) is 8.62. The number of ether oxygens (including phenoxy) is 1. The Balaban J connectivity index is 1.54. The van der Waals surface area contributed by atoms with Gasteiger partial charge in [0.15, 0.2) is 0 Å². The Kier molecular flexibility index (Phi) is 3.48.